The molecule has 1 amide bonds. The quantitative estimate of drug-likeness (QED) is 0.707. The van der Waals surface area contributed by atoms with Gasteiger partial charge in [0.05, 0.1) is 6.54 Å². The molecule has 1 N–H and O–H groups in total. The molecule has 0 bridgehead atoms. The number of carbonyl (C=O) groups excluding carboxylic acids is 1. The first-order valence-electron chi connectivity index (χ1n) is 5.29. The minimum atomic E-state index is 0.246. The van der Waals surface area contributed by atoms with Crippen molar-refractivity contribution in [2.75, 3.05) is 19.6 Å². The molecule has 1 aliphatic rings. The third-order valence-corrected chi connectivity index (χ3v) is 2.62. The van der Waals surface area contributed by atoms with Crippen LogP contribution in [0.5, 0.6) is 0 Å². The predicted octanol–water partition coefficient (Wildman–Crippen LogP) is 0.997. The van der Waals surface area contributed by atoms with Gasteiger partial charge in [-0.2, -0.15) is 0 Å². The van der Waals surface area contributed by atoms with Gasteiger partial charge in [0.15, 0.2) is 0 Å². The Bertz CT molecular complexity index is 170. The van der Waals surface area contributed by atoms with Gasteiger partial charge in [-0.1, -0.05) is 19.8 Å². The Morgan fingerprint density at radius 1 is 1.54 bits per heavy atom. The van der Waals surface area contributed by atoms with Crippen molar-refractivity contribution in [1.29, 1.82) is 0 Å². The summed E-state index contributed by atoms with van der Waals surface area (Å²) in [5.74, 6) is 0.246. The Kier molecular flexibility index (Phi) is 4.22. The fourth-order valence-corrected chi connectivity index (χ4v) is 1.73. The van der Waals surface area contributed by atoms with Crippen molar-refractivity contribution < 1.29 is 4.79 Å². The van der Waals surface area contributed by atoms with Crippen LogP contribution in [0.3, 0.4) is 0 Å². The zero-order valence-electron chi connectivity index (χ0n) is 8.68. The third-order valence-electron chi connectivity index (χ3n) is 2.62. The number of amides is 1. The van der Waals surface area contributed by atoms with E-state index in [1.165, 1.54) is 19.3 Å². The largest absolute Gasteiger partial charge is 0.340 e. The zero-order chi connectivity index (χ0) is 9.68. The molecule has 0 saturated carbocycles. The Hall–Kier alpha value is -0.570. The molecule has 0 unspecified atom stereocenters. The number of hydrogen-bond acceptors (Lipinski definition) is 2. The summed E-state index contributed by atoms with van der Waals surface area (Å²) in [5, 5.41) is 3.28. The van der Waals surface area contributed by atoms with E-state index in [1.807, 2.05) is 11.8 Å². The Balaban J connectivity index is 2.31. The molecule has 13 heavy (non-hydrogen) atoms. The minimum absolute atomic E-state index is 0.246. The van der Waals surface area contributed by atoms with Crippen LogP contribution in [0.15, 0.2) is 0 Å². The highest BCUT2D eigenvalue weighted by molar-refractivity contribution is 5.79. The number of unbranched alkanes of at least 4 members (excludes halogenated alkanes) is 1. The Morgan fingerprint density at radius 2 is 2.31 bits per heavy atom. The molecule has 1 heterocycles. The van der Waals surface area contributed by atoms with E-state index < -0.39 is 0 Å². The van der Waals surface area contributed by atoms with Crippen molar-refractivity contribution >= 4 is 5.91 Å². The monoisotopic (exact) mass is 184 g/mol. The average Bonchev–Trinajstić information content (AvgIpc) is 2.16. The molecule has 1 aliphatic heterocycles. The van der Waals surface area contributed by atoms with E-state index in [2.05, 4.69) is 12.2 Å². The van der Waals surface area contributed by atoms with Gasteiger partial charge in [0.1, 0.15) is 0 Å². The second-order valence-corrected chi connectivity index (χ2v) is 3.65. The summed E-state index contributed by atoms with van der Waals surface area (Å²) in [5.41, 5.74) is 0. The fraction of sp³-hybridized carbons (Fsp3) is 0.900. The lowest BCUT2D eigenvalue weighted by Crippen LogP contribution is -2.53. The number of rotatable bonds is 4. The lowest BCUT2D eigenvalue weighted by atomic mass is 10.1. The van der Waals surface area contributed by atoms with Gasteiger partial charge in [-0.15, -0.1) is 0 Å². The topological polar surface area (TPSA) is 32.3 Å². The maximum Gasteiger partial charge on any atom is 0.236 e. The maximum atomic E-state index is 11.3. The van der Waals surface area contributed by atoms with E-state index in [0.29, 0.717) is 12.6 Å². The first-order valence-corrected chi connectivity index (χ1v) is 5.29. The summed E-state index contributed by atoms with van der Waals surface area (Å²) in [7, 11) is 0. The molecule has 1 saturated heterocycles. The second kappa shape index (κ2) is 5.22. The first-order chi connectivity index (χ1) is 6.27. The summed E-state index contributed by atoms with van der Waals surface area (Å²) >= 11 is 0. The normalized spacial score (nSPS) is 23.7. The van der Waals surface area contributed by atoms with Crippen molar-refractivity contribution in [3.63, 3.8) is 0 Å². The molecule has 0 spiro atoms. The van der Waals surface area contributed by atoms with Gasteiger partial charge in [-0.3, -0.25) is 4.79 Å². The van der Waals surface area contributed by atoms with Crippen LogP contribution in [0.4, 0.5) is 0 Å². The molecular formula is C10H20N2O. The van der Waals surface area contributed by atoms with Crippen LogP contribution in [-0.4, -0.2) is 36.5 Å². The fourth-order valence-electron chi connectivity index (χ4n) is 1.73. The molecule has 1 fully saturated rings. The van der Waals surface area contributed by atoms with Crippen molar-refractivity contribution in [1.82, 2.24) is 10.2 Å². The molecule has 0 aromatic heterocycles. The lowest BCUT2D eigenvalue weighted by Gasteiger charge is -2.32. The van der Waals surface area contributed by atoms with Crippen molar-refractivity contribution in [2.24, 2.45) is 0 Å². The number of nitrogens with zero attached hydrogens (tertiary/aromatic N) is 1. The smallest absolute Gasteiger partial charge is 0.236 e. The van der Waals surface area contributed by atoms with Gasteiger partial charge in [0, 0.05) is 19.1 Å². The highest BCUT2D eigenvalue weighted by Gasteiger charge is 2.22. The standard InChI is InChI=1S/C10H20N2O/c1-3-5-6-9-8-12(4-2)10(13)7-11-9/h9,11H,3-8H2,1-2H3/t9-/m1/s1. The molecule has 0 aromatic rings. The van der Waals surface area contributed by atoms with Crippen molar-refractivity contribution in [2.45, 2.75) is 39.2 Å². The van der Waals surface area contributed by atoms with Crippen LogP contribution >= 0.6 is 0 Å². The predicted molar refractivity (Wildman–Crippen MR) is 53.6 cm³/mol. The summed E-state index contributed by atoms with van der Waals surface area (Å²) < 4.78 is 0. The lowest BCUT2D eigenvalue weighted by molar-refractivity contribution is -0.132. The highest BCUT2D eigenvalue weighted by Crippen LogP contribution is 2.06. The zero-order valence-corrected chi connectivity index (χ0v) is 8.68. The second-order valence-electron chi connectivity index (χ2n) is 3.65. The van der Waals surface area contributed by atoms with Gasteiger partial charge < -0.3 is 10.2 Å². The van der Waals surface area contributed by atoms with Gasteiger partial charge in [0.2, 0.25) is 5.91 Å². The van der Waals surface area contributed by atoms with E-state index in [9.17, 15) is 4.79 Å². The molecule has 0 aromatic carbocycles. The number of carbonyl (C=O) groups is 1. The van der Waals surface area contributed by atoms with Crippen molar-refractivity contribution in [3.8, 4) is 0 Å². The molecule has 3 nitrogen and oxygen atoms in total. The van der Waals surface area contributed by atoms with E-state index in [4.69, 9.17) is 0 Å². The van der Waals surface area contributed by atoms with Gasteiger partial charge in [-0.05, 0) is 13.3 Å². The number of nitrogens with one attached hydrogen (secondary N) is 1. The van der Waals surface area contributed by atoms with Crippen molar-refractivity contribution in [3.05, 3.63) is 0 Å². The van der Waals surface area contributed by atoms with Gasteiger partial charge in [0.25, 0.3) is 0 Å². The summed E-state index contributed by atoms with van der Waals surface area (Å²) in [4.78, 5) is 13.2. The van der Waals surface area contributed by atoms with Crippen LogP contribution in [-0.2, 0) is 4.79 Å². The van der Waals surface area contributed by atoms with Gasteiger partial charge >= 0.3 is 0 Å². The minimum Gasteiger partial charge on any atom is -0.340 e. The number of piperazine rings is 1. The first kappa shape index (κ1) is 10.5. The van der Waals surface area contributed by atoms with Crippen LogP contribution in [0.25, 0.3) is 0 Å². The highest BCUT2D eigenvalue weighted by atomic mass is 16.2. The summed E-state index contributed by atoms with van der Waals surface area (Å²) in [6, 6.07) is 0.526. The maximum absolute atomic E-state index is 11.3. The van der Waals surface area contributed by atoms with Gasteiger partial charge in [-0.25, -0.2) is 0 Å². The molecule has 76 valence electrons. The molecule has 1 atom stereocenters. The molecular weight excluding hydrogens is 164 g/mol. The molecule has 0 aliphatic carbocycles. The van der Waals surface area contributed by atoms with E-state index in [1.54, 1.807) is 0 Å². The Labute approximate surface area is 80.5 Å². The average molecular weight is 184 g/mol. The van der Waals surface area contributed by atoms with E-state index in [0.717, 1.165) is 13.1 Å². The number of hydrogen-bond donors (Lipinski definition) is 1. The molecule has 3 heteroatoms. The van der Waals surface area contributed by atoms with E-state index in [-0.39, 0.29) is 5.91 Å². The SMILES string of the molecule is CCCC[C@@H]1CN(CC)C(=O)CN1. The van der Waals surface area contributed by atoms with E-state index >= 15 is 0 Å². The number of likely N-dealkylation sites (N-methyl/N-ethyl adjacent to an activating group) is 1. The van der Waals surface area contributed by atoms with Crippen LogP contribution in [0.1, 0.15) is 33.1 Å². The van der Waals surface area contributed by atoms with Crippen LogP contribution < -0.4 is 5.32 Å². The summed E-state index contributed by atoms with van der Waals surface area (Å²) in [6.45, 7) is 6.52. The Morgan fingerprint density at radius 3 is 2.92 bits per heavy atom. The third kappa shape index (κ3) is 2.99. The summed E-state index contributed by atoms with van der Waals surface area (Å²) in [6.07, 6.45) is 3.68. The molecule has 1 rings (SSSR count). The van der Waals surface area contributed by atoms with Crippen LogP contribution in [0.2, 0.25) is 0 Å². The van der Waals surface area contributed by atoms with Crippen LogP contribution in [0, 0.1) is 0 Å². The molecule has 0 radical (unpaired) electrons.